The van der Waals surface area contributed by atoms with E-state index in [1.165, 1.54) is 23.5 Å². The van der Waals surface area contributed by atoms with Gasteiger partial charge in [-0.25, -0.2) is 14.2 Å². The first-order valence-electron chi connectivity index (χ1n) is 10.1. The molecule has 0 bridgehead atoms. The molecule has 3 N–H and O–H groups in total. The summed E-state index contributed by atoms with van der Waals surface area (Å²) < 4.78 is 14.0. The molecule has 0 aliphatic rings. The summed E-state index contributed by atoms with van der Waals surface area (Å²) in [7, 11) is 1.83. The molecule has 9 heteroatoms. The summed E-state index contributed by atoms with van der Waals surface area (Å²) in [4.78, 5) is 30.5. The van der Waals surface area contributed by atoms with Crippen molar-refractivity contribution in [3.8, 4) is 0 Å². The van der Waals surface area contributed by atoms with Crippen LogP contribution in [0.15, 0.2) is 48.5 Å². The molecule has 3 rings (SSSR count). The lowest BCUT2D eigenvalue weighted by Crippen LogP contribution is -2.42. The van der Waals surface area contributed by atoms with Gasteiger partial charge in [0.1, 0.15) is 17.7 Å². The predicted octanol–water partition coefficient (Wildman–Crippen LogP) is 4.58. The number of hydrogen-bond acceptors (Lipinski definition) is 5. The maximum absolute atomic E-state index is 14.0. The lowest BCUT2D eigenvalue weighted by atomic mass is 10.1. The largest absolute Gasteiger partial charge is 0.480 e. The fraction of sp³-hybridized carbons (Fsp3) is 0.261. The Kier molecular flexibility index (Phi) is 8.19. The number of thiophene rings is 1. The molecule has 1 atom stereocenters. The van der Waals surface area contributed by atoms with E-state index < -0.39 is 23.7 Å². The Hall–Kier alpha value is -2.97. The van der Waals surface area contributed by atoms with Crippen molar-refractivity contribution in [3.05, 3.63) is 80.4 Å². The van der Waals surface area contributed by atoms with Crippen molar-refractivity contribution in [1.82, 2.24) is 10.3 Å². The SMILES string of the molecule is CNc1cccc(CCCc2ccc(C[C@H](NC(=O)c3c(F)cccc3Cl)C(=O)O)s2)n1. The second kappa shape index (κ2) is 11.1. The molecule has 1 aromatic carbocycles. The van der Waals surface area contributed by atoms with Gasteiger partial charge in [0.15, 0.2) is 0 Å². The number of rotatable bonds is 10. The van der Waals surface area contributed by atoms with Gasteiger partial charge in [-0.1, -0.05) is 23.7 Å². The van der Waals surface area contributed by atoms with Crippen LogP contribution in [0.5, 0.6) is 0 Å². The monoisotopic (exact) mass is 475 g/mol. The number of aryl methyl sites for hydroxylation is 2. The van der Waals surface area contributed by atoms with Crippen LogP contribution in [0.1, 0.15) is 32.2 Å². The number of benzene rings is 1. The first-order valence-corrected chi connectivity index (χ1v) is 11.3. The van der Waals surface area contributed by atoms with Gasteiger partial charge in [0.2, 0.25) is 0 Å². The number of carbonyl (C=O) groups is 2. The van der Waals surface area contributed by atoms with Gasteiger partial charge < -0.3 is 15.7 Å². The van der Waals surface area contributed by atoms with Gasteiger partial charge in [0.05, 0.1) is 10.6 Å². The smallest absolute Gasteiger partial charge is 0.326 e. The van der Waals surface area contributed by atoms with Gasteiger partial charge in [-0.3, -0.25) is 4.79 Å². The fourth-order valence-electron chi connectivity index (χ4n) is 3.21. The van der Waals surface area contributed by atoms with E-state index in [-0.39, 0.29) is 17.0 Å². The second-order valence-electron chi connectivity index (χ2n) is 7.15. The van der Waals surface area contributed by atoms with Crippen molar-refractivity contribution in [2.75, 3.05) is 12.4 Å². The molecule has 0 fully saturated rings. The zero-order valence-electron chi connectivity index (χ0n) is 17.4. The number of halogens is 2. The van der Waals surface area contributed by atoms with Crippen LogP contribution >= 0.6 is 22.9 Å². The summed E-state index contributed by atoms with van der Waals surface area (Å²) in [5.74, 6) is -2.02. The molecule has 0 radical (unpaired) electrons. The lowest BCUT2D eigenvalue weighted by molar-refractivity contribution is -0.139. The lowest BCUT2D eigenvalue weighted by Gasteiger charge is -2.14. The van der Waals surface area contributed by atoms with E-state index in [4.69, 9.17) is 11.6 Å². The third kappa shape index (κ3) is 6.27. The number of aliphatic carboxylic acids is 1. The third-order valence-corrected chi connectivity index (χ3v) is 6.32. The van der Waals surface area contributed by atoms with Gasteiger partial charge in [0.25, 0.3) is 5.91 Å². The molecule has 2 heterocycles. The van der Waals surface area contributed by atoms with Crippen molar-refractivity contribution in [3.63, 3.8) is 0 Å². The van der Waals surface area contributed by atoms with Crippen molar-refractivity contribution < 1.29 is 19.1 Å². The number of nitrogens with zero attached hydrogens (tertiary/aromatic N) is 1. The molecular weight excluding hydrogens is 453 g/mol. The van der Waals surface area contributed by atoms with Gasteiger partial charge in [-0.2, -0.15) is 0 Å². The summed E-state index contributed by atoms with van der Waals surface area (Å²) >= 11 is 7.41. The first-order chi connectivity index (χ1) is 15.4. The Balaban J connectivity index is 1.58. The maximum Gasteiger partial charge on any atom is 0.326 e. The second-order valence-corrected chi connectivity index (χ2v) is 8.81. The number of carbonyl (C=O) groups excluding carboxylic acids is 1. The number of aromatic nitrogens is 1. The molecule has 6 nitrogen and oxygen atoms in total. The van der Waals surface area contributed by atoms with Crippen molar-refractivity contribution in [1.29, 1.82) is 0 Å². The summed E-state index contributed by atoms with van der Waals surface area (Å²) in [5.41, 5.74) is 0.650. The van der Waals surface area contributed by atoms with Gasteiger partial charge in [0, 0.05) is 28.9 Å². The highest BCUT2D eigenvalue weighted by molar-refractivity contribution is 7.12. The highest BCUT2D eigenvalue weighted by Gasteiger charge is 2.24. The first kappa shape index (κ1) is 23.7. The highest BCUT2D eigenvalue weighted by atomic mass is 35.5. The van der Waals surface area contributed by atoms with Crippen LogP contribution in [-0.2, 0) is 24.1 Å². The zero-order chi connectivity index (χ0) is 23.1. The maximum atomic E-state index is 14.0. The van der Waals surface area contributed by atoms with Crippen molar-refractivity contribution in [2.45, 2.75) is 31.7 Å². The van der Waals surface area contributed by atoms with E-state index in [0.717, 1.165) is 46.6 Å². The van der Waals surface area contributed by atoms with Gasteiger partial charge in [-0.15, -0.1) is 11.3 Å². The Morgan fingerprint density at radius 1 is 1.12 bits per heavy atom. The minimum Gasteiger partial charge on any atom is -0.480 e. The van der Waals surface area contributed by atoms with E-state index in [1.54, 1.807) is 0 Å². The number of amides is 1. The topological polar surface area (TPSA) is 91.3 Å². The quantitative estimate of drug-likeness (QED) is 0.399. The van der Waals surface area contributed by atoms with E-state index in [9.17, 15) is 19.1 Å². The molecule has 0 unspecified atom stereocenters. The highest BCUT2D eigenvalue weighted by Crippen LogP contribution is 2.22. The van der Waals surface area contributed by atoms with E-state index in [2.05, 4.69) is 15.6 Å². The van der Waals surface area contributed by atoms with Crippen LogP contribution < -0.4 is 10.6 Å². The van der Waals surface area contributed by atoms with Gasteiger partial charge >= 0.3 is 5.97 Å². The summed E-state index contributed by atoms with van der Waals surface area (Å²) in [5, 5.41) is 14.9. The van der Waals surface area contributed by atoms with Crippen LogP contribution in [0, 0.1) is 5.82 Å². The van der Waals surface area contributed by atoms with Crippen LogP contribution in [0.3, 0.4) is 0 Å². The molecule has 1 amide bonds. The number of hydrogen-bond donors (Lipinski definition) is 3. The number of carboxylic acids is 1. The summed E-state index contributed by atoms with van der Waals surface area (Å²) in [6.07, 6.45) is 2.68. The molecule has 0 saturated carbocycles. The van der Waals surface area contributed by atoms with Crippen molar-refractivity contribution >= 4 is 40.6 Å². The summed E-state index contributed by atoms with van der Waals surface area (Å²) in [6.45, 7) is 0. The zero-order valence-corrected chi connectivity index (χ0v) is 19.0. The molecule has 0 aliphatic carbocycles. The van der Waals surface area contributed by atoms with E-state index in [1.807, 2.05) is 37.4 Å². The Morgan fingerprint density at radius 2 is 1.88 bits per heavy atom. The van der Waals surface area contributed by atoms with Crippen molar-refractivity contribution in [2.24, 2.45) is 0 Å². The van der Waals surface area contributed by atoms with Crippen LogP contribution in [0.2, 0.25) is 5.02 Å². The molecule has 0 saturated heterocycles. The van der Waals surface area contributed by atoms with Crippen LogP contribution in [0.25, 0.3) is 0 Å². The average Bonchev–Trinajstić information content (AvgIpc) is 3.20. The molecule has 32 heavy (non-hydrogen) atoms. The minimum absolute atomic E-state index is 0.0696. The van der Waals surface area contributed by atoms with Gasteiger partial charge in [-0.05, 0) is 55.7 Å². The number of anilines is 1. The molecule has 3 aromatic rings. The van der Waals surface area contributed by atoms with E-state index >= 15 is 0 Å². The number of nitrogens with one attached hydrogen (secondary N) is 2. The summed E-state index contributed by atoms with van der Waals surface area (Å²) in [6, 6.07) is 12.4. The van der Waals surface area contributed by atoms with Crippen LogP contribution in [-0.4, -0.2) is 35.1 Å². The fourth-order valence-corrected chi connectivity index (χ4v) is 4.57. The molecule has 2 aromatic heterocycles. The Morgan fingerprint density at radius 3 is 2.59 bits per heavy atom. The molecule has 0 spiro atoms. The Bertz CT molecular complexity index is 1090. The van der Waals surface area contributed by atoms with E-state index in [0.29, 0.717) is 0 Å². The Labute approximate surface area is 194 Å². The normalized spacial score (nSPS) is 11.7. The molecule has 168 valence electrons. The standard InChI is InChI=1S/C23H23ClFN3O3S/c1-26-20-10-3-6-14(27-20)5-2-7-15-11-12-16(32-15)13-19(23(30)31)28-22(29)21-17(24)8-4-9-18(21)25/h3-4,6,8-12,19H,2,5,7,13H2,1H3,(H,26,27)(H,28,29)(H,30,31)/t19-/m0/s1. The van der Waals surface area contributed by atoms with Crippen LogP contribution in [0.4, 0.5) is 10.2 Å². The molecular formula is C23H23ClFN3O3S. The predicted molar refractivity (Wildman–Crippen MR) is 124 cm³/mol. The third-order valence-electron chi connectivity index (χ3n) is 4.83. The number of pyridine rings is 1. The minimum atomic E-state index is -1.20. The average molecular weight is 476 g/mol. The number of carboxylic acid groups (broad SMARTS) is 1. The molecule has 0 aliphatic heterocycles.